The number of carbonyl (C=O) groups is 1. The average Bonchev–Trinajstić information content (AvgIpc) is 2.94. The fourth-order valence-electron chi connectivity index (χ4n) is 5.30. The predicted molar refractivity (Wildman–Crippen MR) is 151 cm³/mol. The Balaban J connectivity index is 1.39. The monoisotopic (exact) mass is 551 g/mol. The number of halogens is 1. The summed E-state index contributed by atoms with van der Waals surface area (Å²) in [6, 6.07) is 10.1. The lowest BCUT2D eigenvalue weighted by atomic mass is 9.65. The topological polar surface area (TPSA) is 91.1 Å². The second-order valence-electron chi connectivity index (χ2n) is 10.4. The van der Waals surface area contributed by atoms with Crippen LogP contribution in [0.1, 0.15) is 26.7 Å². The zero-order chi connectivity index (χ0) is 27.4. The van der Waals surface area contributed by atoms with E-state index in [2.05, 4.69) is 20.3 Å². The van der Waals surface area contributed by atoms with Crippen molar-refractivity contribution in [2.24, 2.45) is 16.3 Å². The number of aromatic nitrogens is 1. The molecule has 0 saturated carbocycles. The molecule has 5 rings (SSSR count). The number of nitrogens with zero attached hydrogens (tertiary/aromatic N) is 4. The maximum Gasteiger partial charge on any atom is 0.317 e. The van der Waals surface area contributed by atoms with Crippen LogP contribution < -0.4 is 4.90 Å². The molecular weight excluding hydrogens is 517 g/mol. The van der Waals surface area contributed by atoms with Crippen LogP contribution >= 0.6 is 11.9 Å². The first-order valence-electron chi connectivity index (χ1n) is 13.3. The van der Waals surface area contributed by atoms with E-state index < -0.39 is 5.41 Å². The van der Waals surface area contributed by atoms with Gasteiger partial charge in [0, 0.05) is 55.1 Å². The number of nitrogens with one attached hydrogen (secondary N) is 1. The van der Waals surface area contributed by atoms with Gasteiger partial charge in [-0.1, -0.05) is 0 Å². The number of rotatable bonds is 7. The molecule has 2 aromatic rings. The van der Waals surface area contributed by atoms with E-state index in [0.717, 1.165) is 35.9 Å². The van der Waals surface area contributed by atoms with E-state index in [1.54, 1.807) is 24.1 Å². The lowest BCUT2D eigenvalue weighted by molar-refractivity contribution is -0.159. The highest BCUT2D eigenvalue weighted by molar-refractivity contribution is 7.97. The molecule has 10 heteroatoms. The van der Waals surface area contributed by atoms with Gasteiger partial charge in [-0.15, -0.1) is 0 Å². The van der Waals surface area contributed by atoms with E-state index in [1.807, 2.05) is 32.2 Å². The number of hydrogen-bond donors (Lipinski definition) is 1. The zero-order valence-electron chi connectivity index (χ0n) is 22.3. The van der Waals surface area contributed by atoms with Crippen molar-refractivity contribution in [1.29, 1.82) is 5.41 Å². The van der Waals surface area contributed by atoms with Crippen LogP contribution in [0.4, 0.5) is 15.9 Å². The van der Waals surface area contributed by atoms with Crippen molar-refractivity contribution < 1.29 is 18.7 Å². The van der Waals surface area contributed by atoms with E-state index in [4.69, 9.17) is 19.9 Å². The summed E-state index contributed by atoms with van der Waals surface area (Å²) in [4.78, 5) is 26.3. The molecular formula is C29H34FN5O3S. The minimum atomic E-state index is -0.874. The number of fused-ring (bicyclic) bond motifs is 1. The maximum atomic E-state index is 13.7. The van der Waals surface area contributed by atoms with Crippen molar-refractivity contribution in [3.8, 4) is 0 Å². The Hall–Kier alpha value is -3.08. The van der Waals surface area contributed by atoms with Crippen molar-refractivity contribution >= 4 is 41.3 Å². The lowest BCUT2D eigenvalue weighted by Gasteiger charge is -2.46. The molecule has 8 nitrogen and oxygen atoms in total. The van der Waals surface area contributed by atoms with Crippen molar-refractivity contribution in [1.82, 2.24) is 9.29 Å². The van der Waals surface area contributed by atoms with Crippen LogP contribution in [0.3, 0.4) is 0 Å². The molecule has 0 spiro atoms. The van der Waals surface area contributed by atoms with Gasteiger partial charge < -0.3 is 19.8 Å². The number of aliphatic imine (C=N–C) groups is 1. The molecule has 0 bridgehead atoms. The Labute approximate surface area is 232 Å². The van der Waals surface area contributed by atoms with E-state index in [1.165, 1.54) is 18.3 Å². The molecule has 0 radical (unpaired) electrons. The SMILES string of the molecule is CC(C)OC(=O)C12CC(C=N)C(=Nc3ccc(F)cc3)C=C1CCN(Sc1ccc(N3CCOCC3)nc1)C2. The number of hydrogen-bond acceptors (Lipinski definition) is 9. The number of benzene rings is 1. The molecule has 1 N–H and O–H groups in total. The van der Waals surface area contributed by atoms with E-state index in [9.17, 15) is 9.18 Å². The molecule has 1 aromatic carbocycles. The smallest absolute Gasteiger partial charge is 0.317 e. The molecule has 1 aromatic heterocycles. The highest BCUT2D eigenvalue weighted by Gasteiger charge is 2.51. The van der Waals surface area contributed by atoms with E-state index >= 15 is 0 Å². The third-order valence-corrected chi connectivity index (χ3v) is 8.29. The average molecular weight is 552 g/mol. The van der Waals surface area contributed by atoms with Crippen molar-refractivity contribution in [3.05, 3.63) is 60.1 Å². The molecule has 3 aliphatic rings. The Kier molecular flexibility index (Phi) is 8.44. The van der Waals surface area contributed by atoms with Gasteiger partial charge in [0.05, 0.1) is 25.0 Å². The highest BCUT2D eigenvalue weighted by atomic mass is 32.2. The second kappa shape index (κ2) is 12.0. The molecule has 1 aliphatic carbocycles. The minimum Gasteiger partial charge on any atom is -0.462 e. The van der Waals surface area contributed by atoms with Gasteiger partial charge in [-0.3, -0.25) is 9.79 Å². The molecule has 2 saturated heterocycles. The van der Waals surface area contributed by atoms with Crippen molar-refractivity contribution in [2.45, 2.75) is 37.7 Å². The molecule has 2 fully saturated rings. The van der Waals surface area contributed by atoms with Gasteiger partial charge in [-0.2, -0.15) is 0 Å². The fraction of sp³-hybridized carbons (Fsp3) is 0.448. The van der Waals surface area contributed by atoms with Crippen LogP contribution in [0, 0.1) is 22.6 Å². The van der Waals surface area contributed by atoms with Crippen LogP contribution in [-0.4, -0.2) is 72.7 Å². The molecule has 2 aliphatic heterocycles. The quantitative estimate of drug-likeness (QED) is 0.292. The molecule has 3 heterocycles. The Morgan fingerprint density at radius 2 is 2.00 bits per heavy atom. The summed E-state index contributed by atoms with van der Waals surface area (Å²) in [6.07, 6.45) is 6.02. The van der Waals surface area contributed by atoms with Crippen LogP contribution in [0.5, 0.6) is 0 Å². The Bertz CT molecular complexity index is 1240. The normalized spacial score (nSPS) is 24.8. The van der Waals surface area contributed by atoms with Crippen LogP contribution in [-0.2, 0) is 14.3 Å². The number of piperidine rings is 1. The van der Waals surface area contributed by atoms with Crippen molar-refractivity contribution in [2.75, 3.05) is 44.3 Å². The van der Waals surface area contributed by atoms with Gasteiger partial charge in [0.2, 0.25) is 0 Å². The van der Waals surface area contributed by atoms with Crippen LogP contribution in [0.15, 0.2) is 64.1 Å². The lowest BCUT2D eigenvalue weighted by Crippen LogP contribution is -2.52. The fourth-order valence-corrected chi connectivity index (χ4v) is 6.30. The summed E-state index contributed by atoms with van der Waals surface area (Å²) >= 11 is 1.59. The Morgan fingerprint density at radius 3 is 2.67 bits per heavy atom. The third-order valence-electron chi connectivity index (χ3n) is 7.27. The number of carbonyl (C=O) groups excluding carboxylic acids is 1. The van der Waals surface area contributed by atoms with Gasteiger partial charge in [-0.25, -0.2) is 13.7 Å². The first-order chi connectivity index (χ1) is 18.9. The van der Waals surface area contributed by atoms with Gasteiger partial charge in [0.1, 0.15) is 17.1 Å². The number of esters is 1. The summed E-state index contributed by atoms with van der Waals surface area (Å²) < 4.78 is 26.8. The molecule has 2 unspecified atom stereocenters. The number of morpholine rings is 1. The molecule has 0 amide bonds. The standard InChI is InChI=1S/C29H34FN5O3S/c1-20(2)38-28(36)29-16-21(17-31)26(33-24-5-3-23(30)4-6-24)15-22(29)9-10-35(19-29)39-25-7-8-27(32-18-25)34-11-13-37-14-12-34/h3-8,15,17-18,20-21,31H,9-14,16,19H2,1-2H3. The van der Waals surface area contributed by atoms with Crippen molar-refractivity contribution in [3.63, 3.8) is 0 Å². The number of ether oxygens (including phenoxy) is 2. The summed E-state index contributed by atoms with van der Waals surface area (Å²) in [5, 5.41) is 8.15. The van der Waals surface area contributed by atoms with Gasteiger partial charge in [-0.05, 0) is 86.7 Å². The van der Waals surface area contributed by atoms with Crippen LogP contribution in [0.2, 0.25) is 0 Å². The Morgan fingerprint density at radius 1 is 1.23 bits per heavy atom. The summed E-state index contributed by atoms with van der Waals surface area (Å²) in [6.45, 7) is 8.02. The summed E-state index contributed by atoms with van der Waals surface area (Å²) in [7, 11) is 0. The van der Waals surface area contributed by atoms with E-state index in [0.29, 0.717) is 44.0 Å². The van der Waals surface area contributed by atoms with Gasteiger partial charge in [0.15, 0.2) is 0 Å². The number of pyridine rings is 1. The number of allylic oxidation sites excluding steroid dienone is 1. The largest absolute Gasteiger partial charge is 0.462 e. The minimum absolute atomic E-state index is 0.249. The first kappa shape index (κ1) is 27.5. The summed E-state index contributed by atoms with van der Waals surface area (Å²) in [5.41, 5.74) is 1.43. The zero-order valence-corrected chi connectivity index (χ0v) is 23.1. The second-order valence-corrected chi connectivity index (χ2v) is 11.5. The maximum absolute atomic E-state index is 13.7. The van der Waals surface area contributed by atoms with Gasteiger partial charge in [0.25, 0.3) is 0 Å². The van der Waals surface area contributed by atoms with E-state index in [-0.39, 0.29) is 23.8 Å². The predicted octanol–water partition coefficient (Wildman–Crippen LogP) is 5.08. The third kappa shape index (κ3) is 6.23. The van der Waals surface area contributed by atoms with Gasteiger partial charge >= 0.3 is 5.97 Å². The number of anilines is 1. The highest BCUT2D eigenvalue weighted by Crippen LogP contribution is 2.47. The van der Waals surface area contributed by atoms with Crippen LogP contribution in [0.25, 0.3) is 0 Å². The summed E-state index contributed by atoms with van der Waals surface area (Å²) in [5.74, 6) is -0.00570. The molecule has 206 valence electrons. The first-order valence-corrected chi connectivity index (χ1v) is 14.1. The molecule has 2 atom stereocenters. The molecule has 39 heavy (non-hydrogen) atoms.